The van der Waals surface area contributed by atoms with Crippen molar-refractivity contribution in [2.45, 2.75) is 26.7 Å². The van der Waals surface area contributed by atoms with Crippen LogP contribution in [-0.2, 0) is 4.79 Å². The van der Waals surface area contributed by atoms with E-state index >= 15 is 0 Å². The van der Waals surface area contributed by atoms with Crippen LogP contribution >= 0.6 is 0 Å². The van der Waals surface area contributed by atoms with Gasteiger partial charge in [0.1, 0.15) is 5.78 Å². The number of likely N-dealkylation sites (tertiary alicyclic amines) is 1. The summed E-state index contributed by atoms with van der Waals surface area (Å²) >= 11 is 0. The molecule has 0 aromatic heterocycles. The molecule has 2 aliphatic rings. The second-order valence-corrected chi connectivity index (χ2v) is 5.14. The molecule has 0 radical (unpaired) electrons. The minimum atomic E-state index is -0.0621. The standard InChI is InChI=1S/C12H22N2O/c1-3-5-14-6-4-11(15)12(9-14)8-13-7-10(12)2/h10,13H,3-9H2,1-2H3. The van der Waals surface area contributed by atoms with Crippen molar-refractivity contribution >= 4 is 5.78 Å². The number of hydrogen-bond donors (Lipinski definition) is 1. The van der Waals surface area contributed by atoms with Crippen molar-refractivity contribution in [2.75, 3.05) is 32.7 Å². The fourth-order valence-electron chi connectivity index (χ4n) is 3.05. The van der Waals surface area contributed by atoms with Gasteiger partial charge in [-0.3, -0.25) is 4.79 Å². The third-order valence-electron chi connectivity index (χ3n) is 4.09. The molecule has 2 aliphatic heterocycles. The highest BCUT2D eigenvalue weighted by Gasteiger charge is 2.48. The van der Waals surface area contributed by atoms with Gasteiger partial charge in [-0.15, -0.1) is 0 Å². The van der Waals surface area contributed by atoms with Crippen molar-refractivity contribution in [3.8, 4) is 0 Å². The van der Waals surface area contributed by atoms with Crippen molar-refractivity contribution in [3.63, 3.8) is 0 Å². The molecule has 2 rings (SSSR count). The Hall–Kier alpha value is -0.410. The monoisotopic (exact) mass is 210 g/mol. The van der Waals surface area contributed by atoms with E-state index in [2.05, 4.69) is 24.1 Å². The first-order valence-electron chi connectivity index (χ1n) is 6.15. The Morgan fingerprint density at radius 2 is 2.40 bits per heavy atom. The van der Waals surface area contributed by atoms with E-state index < -0.39 is 0 Å². The summed E-state index contributed by atoms with van der Waals surface area (Å²) in [5.41, 5.74) is -0.0621. The van der Waals surface area contributed by atoms with Gasteiger partial charge in [0.05, 0.1) is 5.41 Å². The van der Waals surface area contributed by atoms with Crippen molar-refractivity contribution in [3.05, 3.63) is 0 Å². The Labute approximate surface area is 92.2 Å². The third-order valence-corrected chi connectivity index (χ3v) is 4.09. The SMILES string of the molecule is CCCN1CCC(=O)C2(CNCC2C)C1. The molecule has 2 atom stereocenters. The van der Waals surface area contributed by atoms with Crippen LogP contribution < -0.4 is 5.32 Å². The zero-order chi connectivity index (χ0) is 10.9. The molecule has 3 nitrogen and oxygen atoms in total. The highest BCUT2D eigenvalue weighted by molar-refractivity contribution is 5.87. The normalized spacial score (nSPS) is 37.7. The van der Waals surface area contributed by atoms with Crippen molar-refractivity contribution in [2.24, 2.45) is 11.3 Å². The smallest absolute Gasteiger partial charge is 0.143 e. The molecule has 2 fully saturated rings. The van der Waals surface area contributed by atoms with E-state index in [1.807, 2.05) is 0 Å². The van der Waals surface area contributed by atoms with Gasteiger partial charge in [0.2, 0.25) is 0 Å². The summed E-state index contributed by atoms with van der Waals surface area (Å²) in [6.07, 6.45) is 1.94. The minimum absolute atomic E-state index is 0.0621. The number of carbonyl (C=O) groups is 1. The van der Waals surface area contributed by atoms with Gasteiger partial charge < -0.3 is 10.2 Å². The molecule has 0 saturated carbocycles. The fraction of sp³-hybridized carbons (Fsp3) is 0.917. The number of Topliss-reactive ketones (excluding diaryl/α,β-unsaturated/α-hetero) is 1. The largest absolute Gasteiger partial charge is 0.315 e. The highest BCUT2D eigenvalue weighted by Crippen LogP contribution is 2.37. The van der Waals surface area contributed by atoms with E-state index in [9.17, 15) is 4.79 Å². The molecule has 0 aromatic carbocycles. The summed E-state index contributed by atoms with van der Waals surface area (Å²) in [6.45, 7) is 9.42. The summed E-state index contributed by atoms with van der Waals surface area (Å²) in [7, 11) is 0. The molecule has 2 heterocycles. The Morgan fingerprint density at radius 3 is 3.00 bits per heavy atom. The lowest BCUT2D eigenvalue weighted by molar-refractivity contribution is -0.134. The lowest BCUT2D eigenvalue weighted by atomic mass is 9.72. The van der Waals surface area contributed by atoms with E-state index in [0.717, 1.165) is 39.1 Å². The predicted octanol–water partition coefficient (Wildman–Crippen LogP) is 0.897. The van der Waals surface area contributed by atoms with E-state index in [-0.39, 0.29) is 5.41 Å². The molecule has 3 heteroatoms. The van der Waals surface area contributed by atoms with Crippen LogP contribution in [0.1, 0.15) is 26.7 Å². The van der Waals surface area contributed by atoms with Gasteiger partial charge in [-0.25, -0.2) is 0 Å². The fourth-order valence-corrected chi connectivity index (χ4v) is 3.05. The Bertz CT molecular complexity index is 254. The van der Waals surface area contributed by atoms with Crippen molar-refractivity contribution < 1.29 is 4.79 Å². The minimum Gasteiger partial charge on any atom is -0.315 e. The number of hydrogen-bond acceptors (Lipinski definition) is 3. The van der Waals surface area contributed by atoms with Crippen LogP contribution in [0.2, 0.25) is 0 Å². The van der Waals surface area contributed by atoms with Crippen molar-refractivity contribution in [1.82, 2.24) is 10.2 Å². The Kier molecular flexibility index (Phi) is 3.12. The third kappa shape index (κ3) is 1.83. The Morgan fingerprint density at radius 1 is 1.60 bits per heavy atom. The quantitative estimate of drug-likeness (QED) is 0.735. The number of nitrogens with zero attached hydrogens (tertiary/aromatic N) is 1. The number of rotatable bonds is 2. The average Bonchev–Trinajstić information content (AvgIpc) is 2.56. The van der Waals surface area contributed by atoms with Crippen LogP contribution in [0.15, 0.2) is 0 Å². The first-order valence-corrected chi connectivity index (χ1v) is 6.15. The molecule has 1 spiro atoms. The van der Waals surface area contributed by atoms with E-state index in [1.165, 1.54) is 6.42 Å². The molecule has 2 saturated heterocycles. The summed E-state index contributed by atoms with van der Waals surface area (Å²) < 4.78 is 0. The van der Waals surface area contributed by atoms with Gasteiger partial charge >= 0.3 is 0 Å². The zero-order valence-electron chi connectivity index (χ0n) is 9.88. The molecule has 2 unspecified atom stereocenters. The molecule has 0 amide bonds. The van der Waals surface area contributed by atoms with Gasteiger partial charge in [-0.2, -0.15) is 0 Å². The zero-order valence-corrected chi connectivity index (χ0v) is 9.88. The first kappa shape index (κ1) is 11.1. The molecule has 15 heavy (non-hydrogen) atoms. The lowest BCUT2D eigenvalue weighted by Crippen LogP contribution is -2.53. The van der Waals surface area contributed by atoms with E-state index in [0.29, 0.717) is 11.7 Å². The van der Waals surface area contributed by atoms with Gasteiger partial charge in [0.15, 0.2) is 0 Å². The van der Waals surface area contributed by atoms with Crippen molar-refractivity contribution in [1.29, 1.82) is 0 Å². The van der Waals surface area contributed by atoms with Gasteiger partial charge in [0, 0.05) is 26.1 Å². The second kappa shape index (κ2) is 4.22. The van der Waals surface area contributed by atoms with Crippen LogP contribution in [0.5, 0.6) is 0 Å². The molecule has 86 valence electrons. The molecular formula is C12H22N2O. The molecule has 1 N–H and O–H groups in total. The summed E-state index contributed by atoms with van der Waals surface area (Å²) in [5, 5.41) is 3.38. The van der Waals surface area contributed by atoms with Gasteiger partial charge in [0.25, 0.3) is 0 Å². The summed E-state index contributed by atoms with van der Waals surface area (Å²) in [4.78, 5) is 14.6. The maximum Gasteiger partial charge on any atom is 0.143 e. The van der Waals surface area contributed by atoms with Gasteiger partial charge in [-0.1, -0.05) is 13.8 Å². The van der Waals surface area contributed by atoms with Crippen LogP contribution in [0.3, 0.4) is 0 Å². The molecule has 0 aromatic rings. The summed E-state index contributed by atoms with van der Waals surface area (Å²) in [6, 6.07) is 0. The summed E-state index contributed by atoms with van der Waals surface area (Å²) in [5.74, 6) is 0.997. The van der Waals surface area contributed by atoms with Gasteiger partial charge in [-0.05, 0) is 25.4 Å². The number of piperidine rings is 1. The molecule has 0 bridgehead atoms. The molecular weight excluding hydrogens is 188 g/mol. The Balaban J connectivity index is 2.11. The van der Waals surface area contributed by atoms with Crippen LogP contribution in [0.4, 0.5) is 0 Å². The van der Waals surface area contributed by atoms with Crippen LogP contribution in [0, 0.1) is 11.3 Å². The number of carbonyl (C=O) groups excluding carboxylic acids is 1. The van der Waals surface area contributed by atoms with Crippen LogP contribution in [-0.4, -0.2) is 43.4 Å². The maximum atomic E-state index is 12.1. The lowest BCUT2D eigenvalue weighted by Gasteiger charge is -2.41. The number of nitrogens with one attached hydrogen (secondary N) is 1. The average molecular weight is 210 g/mol. The topological polar surface area (TPSA) is 32.3 Å². The second-order valence-electron chi connectivity index (χ2n) is 5.14. The van der Waals surface area contributed by atoms with Crippen LogP contribution in [0.25, 0.3) is 0 Å². The van der Waals surface area contributed by atoms with E-state index in [4.69, 9.17) is 0 Å². The number of ketones is 1. The van der Waals surface area contributed by atoms with E-state index in [1.54, 1.807) is 0 Å². The maximum absolute atomic E-state index is 12.1. The predicted molar refractivity (Wildman–Crippen MR) is 60.8 cm³/mol. The molecule has 0 aliphatic carbocycles. The highest BCUT2D eigenvalue weighted by atomic mass is 16.1. The first-order chi connectivity index (χ1) is 7.19.